The summed E-state index contributed by atoms with van der Waals surface area (Å²) in [5.74, 6) is -0.359. The van der Waals surface area contributed by atoms with Gasteiger partial charge in [0.2, 0.25) is 0 Å². The molecule has 3 heteroatoms. The first-order valence-corrected chi connectivity index (χ1v) is 3.27. The monoisotopic (exact) mass is 143 g/mol. The number of likely N-dealkylation sites (N-methyl/N-ethyl adjacent to an activating group) is 1. The van der Waals surface area contributed by atoms with Gasteiger partial charge < -0.3 is 5.21 Å². The summed E-state index contributed by atoms with van der Waals surface area (Å²) in [5, 5.41) is 11.3. The molecule has 10 heavy (non-hydrogen) atoms. The molecule has 0 aliphatic carbocycles. The predicted octanol–water partition coefficient (Wildman–Crippen LogP) is 1.05. The van der Waals surface area contributed by atoms with E-state index in [1.54, 1.807) is 6.92 Å². The van der Waals surface area contributed by atoms with Crippen LogP contribution in [0.3, 0.4) is 0 Å². The number of hydrogen-bond acceptors (Lipinski definition) is 2. The van der Waals surface area contributed by atoms with Gasteiger partial charge in [-0.2, -0.15) is 0 Å². The van der Waals surface area contributed by atoms with Crippen LogP contribution >= 0.6 is 0 Å². The molecule has 0 aromatic carbocycles. The molecular formula is C7H13NO2. The maximum atomic E-state index is 11.3. The molecule has 1 atom stereocenters. The van der Waals surface area contributed by atoms with Crippen LogP contribution in [0.2, 0.25) is 0 Å². The average molecular weight is 143 g/mol. The van der Waals surface area contributed by atoms with E-state index in [4.69, 9.17) is 0 Å². The van der Waals surface area contributed by atoms with E-state index in [0.29, 0.717) is 0 Å². The molecule has 0 radical (unpaired) electrons. The maximum absolute atomic E-state index is 11.3. The minimum atomic E-state index is -0.788. The maximum Gasteiger partial charge on any atom is 0.310 e. The molecule has 0 fully saturated rings. The lowest BCUT2D eigenvalue weighted by atomic mass is 10.4. The fourth-order valence-electron chi connectivity index (χ4n) is 0.689. The van der Waals surface area contributed by atoms with Gasteiger partial charge in [0.25, 0.3) is 0 Å². The van der Waals surface area contributed by atoms with Gasteiger partial charge in [0.05, 0.1) is 13.5 Å². The first-order chi connectivity index (χ1) is 4.56. The third-order valence-electron chi connectivity index (χ3n) is 1.51. The summed E-state index contributed by atoms with van der Waals surface area (Å²) < 4.78 is -0.788. The lowest BCUT2D eigenvalue weighted by molar-refractivity contribution is -0.795. The second-order valence-electron chi connectivity index (χ2n) is 2.20. The fourth-order valence-corrected chi connectivity index (χ4v) is 0.689. The molecule has 1 unspecified atom stereocenters. The molecule has 58 valence electrons. The SMILES string of the molecule is C=CC[N+]([O-])(CC)C(C)=O. The number of quaternary nitrogens is 1. The number of amides is 1. The van der Waals surface area contributed by atoms with E-state index in [0.717, 1.165) is 0 Å². The van der Waals surface area contributed by atoms with Gasteiger partial charge in [-0.15, -0.1) is 0 Å². The molecule has 0 aromatic heterocycles. The number of hydrogen-bond donors (Lipinski definition) is 0. The molecule has 0 aromatic rings. The summed E-state index contributed by atoms with van der Waals surface area (Å²) in [7, 11) is 0. The highest BCUT2D eigenvalue weighted by atomic mass is 16.6. The number of rotatable bonds is 3. The van der Waals surface area contributed by atoms with Gasteiger partial charge in [-0.25, -0.2) is 4.79 Å². The van der Waals surface area contributed by atoms with Crippen molar-refractivity contribution in [2.24, 2.45) is 0 Å². The highest BCUT2D eigenvalue weighted by Gasteiger charge is 2.17. The van der Waals surface area contributed by atoms with Crippen LogP contribution in [0.1, 0.15) is 13.8 Å². The lowest BCUT2D eigenvalue weighted by Crippen LogP contribution is -2.45. The first-order valence-electron chi connectivity index (χ1n) is 3.27. The molecule has 0 N–H and O–H groups in total. The van der Waals surface area contributed by atoms with Gasteiger partial charge >= 0.3 is 5.91 Å². The Hall–Kier alpha value is -0.670. The molecule has 0 aliphatic rings. The van der Waals surface area contributed by atoms with Crippen molar-refractivity contribution >= 4 is 5.91 Å². The molecule has 3 nitrogen and oxygen atoms in total. The molecule has 0 spiro atoms. The summed E-state index contributed by atoms with van der Waals surface area (Å²) >= 11 is 0. The van der Waals surface area contributed by atoms with Gasteiger partial charge in [0, 0.05) is 0 Å². The standard InChI is InChI=1S/C7H13NO2/c1-4-6-8(10,5-2)7(3)9/h4H,1,5-6H2,2-3H3. The minimum absolute atomic E-state index is 0.172. The molecule has 0 aliphatic heterocycles. The van der Waals surface area contributed by atoms with E-state index in [2.05, 4.69) is 6.58 Å². The quantitative estimate of drug-likeness (QED) is 0.336. The van der Waals surface area contributed by atoms with Crippen LogP contribution in [-0.4, -0.2) is 23.6 Å². The molecule has 1 amide bonds. The first kappa shape index (κ1) is 9.33. The van der Waals surface area contributed by atoms with Crippen LogP contribution in [0.4, 0.5) is 0 Å². The van der Waals surface area contributed by atoms with E-state index < -0.39 is 4.65 Å². The van der Waals surface area contributed by atoms with Gasteiger partial charge in [-0.3, -0.25) is 4.65 Å². The number of carbonyl (C=O) groups excluding carboxylic acids is 1. The molecule has 0 rings (SSSR count). The molecule has 0 bridgehead atoms. The van der Waals surface area contributed by atoms with Gasteiger partial charge in [0.1, 0.15) is 6.54 Å². The summed E-state index contributed by atoms with van der Waals surface area (Å²) in [6.45, 7) is 6.86. The van der Waals surface area contributed by atoms with Crippen molar-refractivity contribution in [2.45, 2.75) is 13.8 Å². The van der Waals surface area contributed by atoms with Crippen LogP contribution < -0.4 is 0 Å². The highest BCUT2D eigenvalue weighted by Crippen LogP contribution is 2.03. The van der Waals surface area contributed by atoms with Gasteiger partial charge in [0.15, 0.2) is 0 Å². The zero-order chi connectivity index (χ0) is 8.20. The van der Waals surface area contributed by atoms with Crippen LogP contribution in [0.15, 0.2) is 12.7 Å². The Bertz CT molecular complexity index is 145. The smallest absolute Gasteiger partial charge is 0.310 e. The Morgan fingerprint density at radius 1 is 1.80 bits per heavy atom. The summed E-state index contributed by atoms with van der Waals surface area (Å²) in [6, 6.07) is 0. The second-order valence-corrected chi connectivity index (χ2v) is 2.20. The average Bonchev–Trinajstić information content (AvgIpc) is 1.88. The van der Waals surface area contributed by atoms with Gasteiger partial charge in [-0.05, 0) is 13.0 Å². The van der Waals surface area contributed by atoms with E-state index in [9.17, 15) is 10.0 Å². The summed E-state index contributed by atoms with van der Waals surface area (Å²) in [4.78, 5) is 10.7. The van der Waals surface area contributed by atoms with E-state index in [1.165, 1.54) is 13.0 Å². The zero-order valence-corrected chi connectivity index (χ0v) is 6.46. The molecule has 0 saturated heterocycles. The van der Waals surface area contributed by atoms with E-state index in [-0.39, 0.29) is 19.0 Å². The predicted molar refractivity (Wildman–Crippen MR) is 39.9 cm³/mol. The Labute approximate surface area is 61.1 Å². The lowest BCUT2D eigenvalue weighted by Gasteiger charge is -2.36. The number of carbonyl (C=O) groups is 1. The largest absolute Gasteiger partial charge is 0.625 e. The van der Waals surface area contributed by atoms with E-state index >= 15 is 0 Å². The van der Waals surface area contributed by atoms with Crippen LogP contribution in [-0.2, 0) is 4.79 Å². The summed E-state index contributed by atoms with van der Waals surface area (Å²) in [6.07, 6.45) is 1.47. The highest BCUT2D eigenvalue weighted by molar-refractivity contribution is 5.66. The Morgan fingerprint density at radius 3 is 2.40 bits per heavy atom. The number of hydroxylamine groups is 3. The summed E-state index contributed by atoms with van der Waals surface area (Å²) in [5.41, 5.74) is 0. The molecular weight excluding hydrogens is 130 g/mol. The Morgan fingerprint density at radius 2 is 2.30 bits per heavy atom. The van der Waals surface area contributed by atoms with Gasteiger partial charge in [-0.1, -0.05) is 6.58 Å². The molecule has 0 saturated carbocycles. The normalized spacial score (nSPS) is 15.9. The third kappa shape index (κ3) is 1.93. The van der Waals surface area contributed by atoms with Crippen molar-refractivity contribution in [2.75, 3.05) is 13.1 Å². The van der Waals surface area contributed by atoms with Crippen molar-refractivity contribution in [1.82, 2.24) is 0 Å². The van der Waals surface area contributed by atoms with Crippen molar-refractivity contribution in [3.05, 3.63) is 17.9 Å². The van der Waals surface area contributed by atoms with Crippen molar-refractivity contribution in [3.8, 4) is 0 Å². The third-order valence-corrected chi connectivity index (χ3v) is 1.51. The van der Waals surface area contributed by atoms with Crippen LogP contribution in [0, 0.1) is 5.21 Å². The van der Waals surface area contributed by atoms with Crippen molar-refractivity contribution < 1.29 is 9.44 Å². The second kappa shape index (κ2) is 3.49. The van der Waals surface area contributed by atoms with Crippen LogP contribution in [0.25, 0.3) is 0 Å². The fraction of sp³-hybridized carbons (Fsp3) is 0.571. The van der Waals surface area contributed by atoms with Crippen molar-refractivity contribution in [1.29, 1.82) is 0 Å². The molecule has 0 heterocycles. The Balaban J connectivity index is 4.21. The van der Waals surface area contributed by atoms with E-state index in [1.807, 2.05) is 0 Å². The van der Waals surface area contributed by atoms with Crippen molar-refractivity contribution in [3.63, 3.8) is 0 Å². The van der Waals surface area contributed by atoms with Crippen LogP contribution in [0.5, 0.6) is 0 Å². The topological polar surface area (TPSA) is 40.1 Å². The zero-order valence-electron chi connectivity index (χ0n) is 6.46. The number of nitrogens with zero attached hydrogens (tertiary/aromatic N) is 1. The Kier molecular flexibility index (Phi) is 3.25. The minimum Gasteiger partial charge on any atom is -0.625 e.